The third-order valence-electron chi connectivity index (χ3n) is 8.13. The smallest absolute Gasteiger partial charge is 0.196 e. The number of allylic oxidation sites excluding steroid dienone is 6. The molecule has 7 rings (SSSR count). The Kier molecular flexibility index (Phi) is 3.89. The van der Waals surface area contributed by atoms with Gasteiger partial charge in [0.25, 0.3) is 0 Å². The van der Waals surface area contributed by atoms with Crippen LogP contribution in [0.3, 0.4) is 0 Å². The molecular weight excluding hydrogens is 436 g/mol. The molecule has 2 aromatic carbocycles. The molecule has 0 bridgehead atoms. The number of fused-ring (bicyclic) bond motifs is 7. The Morgan fingerprint density at radius 1 is 0.857 bits per heavy atom. The number of hydrogen-bond acceptors (Lipinski definition) is 5. The lowest BCUT2D eigenvalue weighted by atomic mass is 9.56. The van der Waals surface area contributed by atoms with E-state index in [1.165, 1.54) is 0 Å². The van der Waals surface area contributed by atoms with Gasteiger partial charge in [0, 0.05) is 28.2 Å². The largest absolute Gasteiger partial charge is 0.371 e. The van der Waals surface area contributed by atoms with E-state index in [0.717, 1.165) is 16.9 Å². The molecule has 1 heterocycles. The topological polar surface area (TPSA) is 75.6 Å². The van der Waals surface area contributed by atoms with Gasteiger partial charge in [0.15, 0.2) is 17.3 Å². The van der Waals surface area contributed by atoms with Gasteiger partial charge in [-0.15, -0.1) is 0 Å². The molecule has 0 spiro atoms. The number of Topliss-reactive ketones (excluding diaryl/α,β-unsaturated/α-hetero) is 1. The lowest BCUT2D eigenvalue weighted by Gasteiger charge is -2.48. The van der Waals surface area contributed by atoms with Crippen LogP contribution in [0, 0.1) is 17.3 Å². The van der Waals surface area contributed by atoms with Crippen LogP contribution in [0.15, 0.2) is 89.0 Å². The summed E-state index contributed by atoms with van der Waals surface area (Å²) < 4.78 is 0. The van der Waals surface area contributed by atoms with Gasteiger partial charge in [-0.2, -0.15) is 0 Å². The standard InChI is InChI=1S/C30H22N2O3/c1-30(2)20-10-6-5-9-17(20)28(34)19-12-14-22-26(24(19)30)32-21-13-11-18-23(25(21)31-22)29(35)16-8-4-3-7-15(16)27(18)33/h3-14,17,20,26,32H,1-2H3. The number of benzene rings is 2. The van der Waals surface area contributed by atoms with E-state index in [2.05, 4.69) is 25.2 Å². The highest BCUT2D eigenvalue weighted by molar-refractivity contribution is 6.31. The van der Waals surface area contributed by atoms with E-state index < -0.39 is 0 Å². The zero-order chi connectivity index (χ0) is 24.1. The third-order valence-corrected chi connectivity index (χ3v) is 8.13. The number of anilines is 1. The second kappa shape index (κ2) is 6.72. The van der Waals surface area contributed by atoms with Crippen molar-refractivity contribution >= 4 is 34.4 Å². The molecule has 0 aromatic heterocycles. The van der Waals surface area contributed by atoms with Gasteiger partial charge in [-0.25, -0.2) is 4.99 Å². The van der Waals surface area contributed by atoms with Crippen LogP contribution in [0.25, 0.3) is 0 Å². The Labute approximate surface area is 202 Å². The minimum Gasteiger partial charge on any atom is -0.371 e. The van der Waals surface area contributed by atoms with E-state index in [1.54, 1.807) is 30.3 Å². The van der Waals surface area contributed by atoms with Gasteiger partial charge >= 0.3 is 0 Å². The maximum atomic E-state index is 13.5. The summed E-state index contributed by atoms with van der Waals surface area (Å²) in [5, 5.41) is 3.58. The van der Waals surface area contributed by atoms with Crippen LogP contribution in [0.2, 0.25) is 0 Å². The van der Waals surface area contributed by atoms with E-state index >= 15 is 0 Å². The summed E-state index contributed by atoms with van der Waals surface area (Å²) in [4.78, 5) is 45.0. The summed E-state index contributed by atoms with van der Waals surface area (Å²) >= 11 is 0. The summed E-state index contributed by atoms with van der Waals surface area (Å²) in [6, 6.07) is 10.2. The van der Waals surface area contributed by atoms with Gasteiger partial charge in [0.1, 0.15) is 0 Å². The third kappa shape index (κ3) is 2.53. The van der Waals surface area contributed by atoms with E-state index in [9.17, 15) is 14.4 Å². The molecule has 3 unspecified atom stereocenters. The molecule has 170 valence electrons. The molecule has 0 radical (unpaired) electrons. The highest BCUT2D eigenvalue weighted by Crippen LogP contribution is 2.53. The van der Waals surface area contributed by atoms with Crippen LogP contribution in [0.4, 0.5) is 11.4 Å². The van der Waals surface area contributed by atoms with Gasteiger partial charge in [-0.1, -0.05) is 62.4 Å². The molecule has 4 aliphatic carbocycles. The van der Waals surface area contributed by atoms with Gasteiger partial charge in [0.05, 0.1) is 28.7 Å². The first-order valence-corrected chi connectivity index (χ1v) is 11.9. The maximum absolute atomic E-state index is 13.5. The lowest BCUT2D eigenvalue weighted by molar-refractivity contribution is -0.120. The van der Waals surface area contributed by atoms with Crippen molar-refractivity contribution in [3.8, 4) is 0 Å². The van der Waals surface area contributed by atoms with Gasteiger partial charge in [-0.05, 0) is 41.2 Å². The molecule has 0 amide bonds. The Morgan fingerprint density at radius 3 is 2.40 bits per heavy atom. The second-order valence-corrected chi connectivity index (χ2v) is 10.3. The number of aliphatic imine (C=N–C) groups is 1. The van der Waals surface area contributed by atoms with Crippen LogP contribution < -0.4 is 5.32 Å². The molecular formula is C30H22N2O3. The summed E-state index contributed by atoms with van der Waals surface area (Å²) in [6.45, 7) is 4.38. The maximum Gasteiger partial charge on any atom is 0.196 e. The van der Waals surface area contributed by atoms with Gasteiger partial charge in [0.2, 0.25) is 0 Å². The van der Waals surface area contributed by atoms with E-state index in [1.807, 2.05) is 36.4 Å². The molecule has 0 saturated carbocycles. The average Bonchev–Trinajstić information content (AvgIpc) is 2.88. The summed E-state index contributed by atoms with van der Waals surface area (Å²) in [5.74, 6) is -0.314. The van der Waals surface area contributed by atoms with Crippen LogP contribution in [0.1, 0.15) is 45.7 Å². The van der Waals surface area contributed by atoms with Crippen LogP contribution in [-0.4, -0.2) is 29.1 Å². The summed E-state index contributed by atoms with van der Waals surface area (Å²) in [6.07, 6.45) is 11.9. The zero-order valence-electron chi connectivity index (χ0n) is 19.3. The van der Waals surface area contributed by atoms with Crippen LogP contribution in [-0.2, 0) is 4.79 Å². The van der Waals surface area contributed by atoms with Crippen molar-refractivity contribution in [2.24, 2.45) is 22.2 Å². The predicted octanol–water partition coefficient (Wildman–Crippen LogP) is 5.16. The first kappa shape index (κ1) is 20.3. The van der Waals surface area contributed by atoms with E-state index in [-0.39, 0.29) is 40.6 Å². The van der Waals surface area contributed by atoms with Crippen molar-refractivity contribution in [3.05, 3.63) is 106 Å². The number of carbonyl (C=O) groups is 3. The highest BCUT2D eigenvalue weighted by atomic mass is 16.1. The van der Waals surface area contributed by atoms with E-state index in [0.29, 0.717) is 33.6 Å². The first-order valence-electron chi connectivity index (χ1n) is 11.9. The molecule has 0 fully saturated rings. The van der Waals surface area contributed by atoms with Crippen LogP contribution >= 0.6 is 0 Å². The molecule has 5 aliphatic rings. The lowest BCUT2D eigenvalue weighted by Crippen LogP contribution is -2.49. The van der Waals surface area contributed by atoms with Crippen molar-refractivity contribution in [3.63, 3.8) is 0 Å². The van der Waals surface area contributed by atoms with Crippen molar-refractivity contribution in [2.45, 2.75) is 19.9 Å². The molecule has 2 aromatic rings. The molecule has 3 atom stereocenters. The van der Waals surface area contributed by atoms with Crippen molar-refractivity contribution < 1.29 is 14.4 Å². The monoisotopic (exact) mass is 458 g/mol. The van der Waals surface area contributed by atoms with E-state index in [4.69, 9.17) is 4.99 Å². The fraction of sp³-hybridized carbons (Fsp3) is 0.200. The summed E-state index contributed by atoms with van der Waals surface area (Å²) in [7, 11) is 0. The average molecular weight is 459 g/mol. The molecule has 5 heteroatoms. The first-order chi connectivity index (χ1) is 16.9. The number of rotatable bonds is 0. The molecule has 1 aliphatic heterocycles. The number of nitrogens with zero attached hydrogens (tertiary/aromatic N) is 1. The zero-order valence-corrected chi connectivity index (χ0v) is 19.3. The quantitative estimate of drug-likeness (QED) is 0.505. The highest BCUT2D eigenvalue weighted by Gasteiger charge is 2.50. The van der Waals surface area contributed by atoms with Crippen LogP contribution in [0.5, 0.6) is 0 Å². The number of carbonyl (C=O) groups excluding carboxylic acids is 3. The Morgan fingerprint density at radius 2 is 1.60 bits per heavy atom. The number of hydrogen-bond donors (Lipinski definition) is 1. The predicted molar refractivity (Wildman–Crippen MR) is 134 cm³/mol. The van der Waals surface area contributed by atoms with Crippen molar-refractivity contribution in [2.75, 3.05) is 5.32 Å². The molecule has 35 heavy (non-hydrogen) atoms. The molecule has 1 N–H and O–H groups in total. The van der Waals surface area contributed by atoms with Gasteiger partial charge in [-0.3, -0.25) is 14.4 Å². The summed E-state index contributed by atoms with van der Waals surface area (Å²) in [5.41, 5.74) is 5.00. The minimum atomic E-state index is -0.283. The molecule has 0 saturated heterocycles. The molecule has 5 nitrogen and oxygen atoms in total. The van der Waals surface area contributed by atoms with Gasteiger partial charge < -0.3 is 5.32 Å². The fourth-order valence-corrected chi connectivity index (χ4v) is 6.43. The SMILES string of the molecule is CC1(C)C2=C(C=CC3=Nc4c(ccc5c4C(=O)c4ccccc4C5=O)NC32)C(=O)C2C=CC=CC21. The normalized spacial score (nSPS) is 26.6. The second-order valence-electron chi connectivity index (χ2n) is 10.3. The Hall–Kier alpha value is -4.12. The Balaban J connectivity index is 1.39. The van der Waals surface area contributed by atoms with Crippen molar-refractivity contribution in [1.29, 1.82) is 0 Å². The number of nitrogens with one attached hydrogen (secondary N) is 1. The fourth-order valence-electron chi connectivity index (χ4n) is 6.43. The van der Waals surface area contributed by atoms with Crippen molar-refractivity contribution in [1.82, 2.24) is 0 Å². The minimum absolute atomic E-state index is 0.0638. The Bertz CT molecular complexity index is 1560. The number of ketones is 3.